The summed E-state index contributed by atoms with van der Waals surface area (Å²) in [6.07, 6.45) is 0. The zero-order valence-electron chi connectivity index (χ0n) is 12.5. The first-order chi connectivity index (χ1) is 11.8. The maximum Gasteiger partial charge on any atom is 0.163 e. The van der Waals surface area contributed by atoms with E-state index in [1.807, 2.05) is 36.4 Å². The van der Waals surface area contributed by atoms with E-state index in [9.17, 15) is 0 Å². The smallest absolute Gasteiger partial charge is 0.163 e. The van der Waals surface area contributed by atoms with Gasteiger partial charge in [0.15, 0.2) is 5.82 Å². The van der Waals surface area contributed by atoms with Gasteiger partial charge < -0.3 is 0 Å². The van der Waals surface area contributed by atoms with Crippen molar-refractivity contribution in [2.75, 3.05) is 0 Å². The monoisotopic (exact) mass is 346 g/mol. The zero-order chi connectivity index (χ0) is 16.1. The van der Waals surface area contributed by atoms with Crippen molar-refractivity contribution in [1.82, 2.24) is 9.97 Å². The molecule has 0 unspecified atom stereocenters. The fourth-order valence-corrected chi connectivity index (χ4v) is 4.52. The number of aromatic nitrogens is 2. The zero-order valence-corrected chi connectivity index (χ0v) is 14.1. The van der Waals surface area contributed by atoms with Crippen molar-refractivity contribution in [3.8, 4) is 11.4 Å². The number of rotatable bonds is 1. The summed E-state index contributed by atoms with van der Waals surface area (Å²) in [7, 11) is 0. The second kappa shape index (κ2) is 5.26. The van der Waals surface area contributed by atoms with Crippen LogP contribution in [0.1, 0.15) is 0 Å². The fourth-order valence-electron chi connectivity index (χ4n) is 3.12. The lowest BCUT2D eigenvalue weighted by Gasteiger charge is -2.06. The Balaban J connectivity index is 1.85. The molecule has 4 heteroatoms. The highest BCUT2D eigenvalue weighted by atomic mass is 35.5. The van der Waals surface area contributed by atoms with Gasteiger partial charge in [0.25, 0.3) is 0 Å². The predicted octanol–water partition coefficient (Wildman–Crippen LogP) is 6.32. The molecule has 0 aliphatic rings. The largest absolute Gasteiger partial charge is 0.217 e. The van der Waals surface area contributed by atoms with Gasteiger partial charge in [-0.15, -0.1) is 11.3 Å². The Morgan fingerprint density at radius 1 is 0.750 bits per heavy atom. The molecule has 0 N–H and O–H groups in total. The number of benzene rings is 3. The highest BCUT2D eigenvalue weighted by molar-refractivity contribution is 7.25. The van der Waals surface area contributed by atoms with Gasteiger partial charge in [-0.3, -0.25) is 0 Å². The number of halogens is 1. The van der Waals surface area contributed by atoms with Crippen LogP contribution in [0.5, 0.6) is 0 Å². The number of thiophene rings is 1. The van der Waals surface area contributed by atoms with Crippen LogP contribution >= 0.6 is 22.9 Å². The molecule has 3 aromatic carbocycles. The van der Waals surface area contributed by atoms with E-state index in [4.69, 9.17) is 16.6 Å². The Morgan fingerprint density at radius 3 is 2.42 bits per heavy atom. The van der Waals surface area contributed by atoms with E-state index in [-0.39, 0.29) is 0 Å². The number of fused-ring (bicyclic) bond motifs is 4. The van der Waals surface area contributed by atoms with Crippen LogP contribution in [0.2, 0.25) is 5.15 Å². The number of nitrogens with zero attached hydrogens (tertiary/aromatic N) is 2. The van der Waals surface area contributed by atoms with Crippen LogP contribution in [0.15, 0.2) is 66.7 Å². The van der Waals surface area contributed by atoms with Crippen LogP contribution in [0.3, 0.4) is 0 Å². The van der Waals surface area contributed by atoms with Crippen molar-refractivity contribution in [3.05, 3.63) is 71.9 Å². The first-order valence-electron chi connectivity index (χ1n) is 7.64. The molecule has 114 valence electrons. The molecule has 0 radical (unpaired) electrons. The summed E-state index contributed by atoms with van der Waals surface area (Å²) in [5.41, 5.74) is 1.01. The Hall–Kier alpha value is -2.49. The van der Waals surface area contributed by atoms with E-state index in [1.165, 1.54) is 10.1 Å². The molecular formula is C20H11ClN2S. The van der Waals surface area contributed by atoms with Gasteiger partial charge in [-0.1, -0.05) is 72.3 Å². The average molecular weight is 347 g/mol. The van der Waals surface area contributed by atoms with Crippen LogP contribution in [0.25, 0.3) is 42.5 Å². The van der Waals surface area contributed by atoms with Crippen LogP contribution < -0.4 is 0 Å². The number of hydrogen-bond acceptors (Lipinski definition) is 3. The summed E-state index contributed by atoms with van der Waals surface area (Å²) in [5.74, 6) is 0.677. The summed E-state index contributed by atoms with van der Waals surface area (Å²) in [6.45, 7) is 0. The van der Waals surface area contributed by atoms with Crippen LogP contribution in [0, 0.1) is 0 Å². The summed E-state index contributed by atoms with van der Waals surface area (Å²) in [6, 6.07) is 22.6. The second-order valence-corrected chi connectivity index (χ2v) is 7.03. The van der Waals surface area contributed by atoms with Gasteiger partial charge in [0.1, 0.15) is 9.98 Å². The van der Waals surface area contributed by atoms with Crippen molar-refractivity contribution in [3.63, 3.8) is 0 Å². The summed E-state index contributed by atoms with van der Waals surface area (Å²) < 4.78 is 1.18. The molecule has 0 aliphatic heterocycles. The normalized spacial score (nSPS) is 11.5. The summed E-state index contributed by atoms with van der Waals surface area (Å²) in [4.78, 5) is 10.4. The Morgan fingerprint density at radius 2 is 1.50 bits per heavy atom. The molecule has 2 heterocycles. The topological polar surface area (TPSA) is 25.8 Å². The summed E-state index contributed by atoms with van der Waals surface area (Å²) in [5, 5.41) is 4.89. The first-order valence-corrected chi connectivity index (χ1v) is 8.83. The minimum atomic E-state index is 0.514. The third-order valence-electron chi connectivity index (χ3n) is 4.23. The molecule has 0 bridgehead atoms. The lowest BCUT2D eigenvalue weighted by Crippen LogP contribution is -1.91. The molecule has 0 amide bonds. The highest BCUT2D eigenvalue weighted by Gasteiger charge is 2.14. The van der Waals surface area contributed by atoms with Crippen molar-refractivity contribution >= 4 is 54.0 Å². The molecule has 0 fully saturated rings. The molecule has 5 aromatic rings. The fraction of sp³-hybridized carbons (Fsp3) is 0. The second-order valence-electron chi connectivity index (χ2n) is 5.64. The average Bonchev–Trinajstić information content (AvgIpc) is 3.00. The van der Waals surface area contributed by atoms with Crippen molar-refractivity contribution in [2.45, 2.75) is 0 Å². The molecule has 5 rings (SSSR count). The molecule has 0 aliphatic carbocycles. The van der Waals surface area contributed by atoms with Gasteiger partial charge in [0.2, 0.25) is 0 Å². The molecule has 0 saturated heterocycles. The third-order valence-corrected chi connectivity index (χ3v) is 5.56. The third kappa shape index (κ3) is 2.02. The quantitative estimate of drug-likeness (QED) is 0.332. The Bertz CT molecular complexity index is 1220. The van der Waals surface area contributed by atoms with Gasteiger partial charge in [-0.2, -0.15) is 0 Å². The maximum absolute atomic E-state index is 6.54. The first kappa shape index (κ1) is 13.9. The van der Waals surface area contributed by atoms with E-state index in [0.717, 1.165) is 26.6 Å². The van der Waals surface area contributed by atoms with Crippen LogP contribution in [-0.2, 0) is 0 Å². The predicted molar refractivity (Wildman–Crippen MR) is 103 cm³/mol. The van der Waals surface area contributed by atoms with Crippen LogP contribution in [-0.4, -0.2) is 9.97 Å². The lowest BCUT2D eigenvalue weighted by atomic mass is 10.0. The van der Waals surface area contributed by atoms with Gasteiger partial charge in [-0.25, -0.2) is 9.97 Å². The van der Waals surface area contributed by atoms with E-state index in [0.29, 0.717) is 11.0 Å². The Kier molecular flexibility index (Phi) is 3.05. The molecule has 2 nitrogen and oxygen atoms in total. The molecule has 24 heavy (non-hydrogen) atoms. The van der Waals surface area contributed by atoms with E-state index < -0.39 is 0 Å². The molecule has 0 spiro atoms. The minimum absolute atomic E-state index is 0.514. The van der Waals surface area contributed by atoms with Gasteiger partial charge >= 0.3 is 0 Å². The van der Waals surface area contributed by atoms with Gasteiger partial charge in [0, 0.05) is 15.6 Å². The maximum atomic E-state index is 6.54. The van der Waals surface area contributed by atoms with E-state index in [1.54, 1.807) is 11.3 Å². The highest BCUT2D eigenvalue weighted by Crippen LogP contribution is 2.38. The van der Waals surface area contributed by atoms with Crippen molar-refractivity contribution < 1.29 is 0 Å². The van der Waals surface area contributed by atoms with Crippen LogP contribution in [0.4, 0.5) is 0 Å². The van der Waals surface area contributed by atoms with Gasteiger partial charge in [0.05, 0.1) is 5.39 Å². The minimum Gasteiger partial charge on any atom is -0.217 e. The van der Waals surface area contributed by atoms with Gasteiger partial charge in [-0.05, 0) is 16.8 Å². The molecule has 2 aromatic heterocycles. The Labute approximate surface area is 147 Å². The lowest BCUT2D eigenvalue weighted by molar-refractivity contribution is 1.25. The molecule has 0 atom stereocenters. The van der Waals surface area contributed by atoms with E-state index >= 15 is 0 Å². The number of hydrogen-bond donors (Lipinski definition) is 0. The van der Waals surface area contributed by atoms with Crippen molar-refractivity contribution in [1.29, 1.82) is 0 Å². The van der Waals surface area contributed by atoms with Crippen molar-refractivity contribution in [2.24, 2.45) is 0 Å². The summed E-state index contributed by atoms with van der Waals surface area (Å²) >= 11 is 8.19. The molecular weight excluding hydrogens is 336 g/mol. The standard InChI is InChI=1S/C20H11ClN2S/c21-18-17-15-9-3-4-11-16(15)24-20(17)23-19(22-18)14-10-5-7-12-6-1-2-8-13(12)14/h1-11H. The molecule has 0 saturated carbocycles. The SMILES string of the molecule is Clc1nc(-c2cccc3ccccc23)nc2sc3ccccc3c12. The van der Waals surface area contributed by atoms with E-state index in [2.05, 4.69) is 35.3 Å².